The Morgan fingerprint density at radius 2 is 1.00 bits per heavy atom. The van der Waals surface area contributed by atoms with Gasteiger partial charge in [-0.3, -0.25) is 10.6 Å². The number of carboxylic acids is 2. The topological polar surface area (TPSA) is 151 Å². The van der Waals surface area contributed by atoms with Gasteiger partial charge in [0.2, 0.25) is 0 Å². The Kier molecular flexibility index (Phi) is 7.42. The lowest BCUT2D eigenvalue weighted by Crippen LogP contribution is -2.38. The van der Waals surface area contributed by atoms with E-state index in [1.807, 2.05) is 0 Å². The minimum atomic E-state index is -1.78. The van der Waals surface area contributed by atoms with Crippen LogP contribution in [0.2, 0.25) is 0 Å². The third-order valence-electron chi connectivity index (χ3n) is 1.82. The van der Waals surface area contributed by atoms with Crippen molar-refractivity contribution >= 4 is 24.1 Å². The molecule has 0 radical (unpaired) electrons. The molecule has 22 heavy (non-hydrogen) atoms. The van der Waals surface area contributed by atoms with Gasteiger partial charge in [-0.15, -0.1) is 0 Å². The zero-order valence-corrected chi connectivity index (χ0v) is 12.5. The highest BCUT2D eigenvalue weighted by atomic mass is 16.6. The van der Waals surface area contributed by atoms with Crippen molar-refractivity contribution in [1.82, 2.24) is 10.6 Å². The largest absolute Gasteiger partial charge is 0.477 e. The summed E-state index contributed by atoms with van der Waals surface area (Å²) >= 11 is 0. The summed E-state index contributed by atoms with van der Waals surface area (Å²) in [4.78, 5) is 45.0. The molecule has 0 unspecified atom stereocenters. The van der Waals surface area contributed by atoms with Gasteiger partial charge in [0.15, 0.2) is 11.4 Å². The summed E-state index contributed by atoms with van der Waals surface area (Å²) in [6.45, 7) is 6.06. The number of rotatable bonds is 6. The second-order valence-electron chi connectivity index (χ2n) is 4.52. The fraction of sp³-hybridized carbons (Fsp3) is 0.500. The summed E-state index contributed by atoms with van der Waals surface area (Å²) in [5.41, 5.74) is -2.11. The molecule has 0 bridgehead atoms. The summed E-state index contributed by atoms with van der Waals surface area (Å²) in [6.07, 6.45) is -3.46. The zero-order valence-electron chi connectivity index (χ0n) is 12.5. The van der Waals surface area contributed by atoms with Crippen LogP contribution in [-0.2, 0) is 19.1 Å². The molecule has 0 fully saturated rings. The highest BCUT2D eigenvalue weighted by molar-refractivity contribution is 6.02. The fourth-order valence-electron chi connectivity index (χ4n) is 1.14. The van der Waals surface area contributed by atoms with Crippen molar-refractivity contribution in [3.8, 4) is 0 Å². The van der Waals surface area contributed by atoms with Crippen molar-refractivity contribution < 1.29 is 38.9 Å². The monoisotopic (exact) mass is 318 g/mol. The summed E-state index contributed by atoms with van der Waals surface area (Å²) in [7, 11) is 0. The Hall–Kier alpha value is -2.78. The molecule has 10 heteroatoms. The Balaban J connectivity index is 5.39. The lowest BCUT2D eigenvalue weighted by atomic mass is 10.3. The van der Waals surface area contributed by atoms with E-state index in [4.69, 9.17) is 10.2 Å². The summed E-state index contributed by atoms with van der Waals surface area (Å²) in [5.74, 6) is -3.55. The summed E-state index contributed by atoms with van der Waals surface area (Å²) < 4.78 is 9.29. The average Bonchev–Trinajstić information content (AvgIpc) is 2.30. The van der Waals surface area contributed by atoms with Crippen molar-refractivity contribution in [2.75, 3.05) is 0 Å². The molecule has 4 N–H and O–H groups in total. The van der Waals surface area contributed by atoms with E-state index in [2.05, 4.69) is 9.47 Å². The van der Waals surface area contributed by atoms with E-state index in [1.165, 1.54) is 27.7 Å². The van der Waals surface area contributed by atoms with Gasteiger partial charge in [-0.25, -0.2) is 19.2 Å². The van der Waals surface area contributed by atoms with Crippen molar-refractivity contribution in [2.24, 2.45) is 0 Å². The van der Waals surface area contributed by atoms with Crippen LogP contribution in [0.3, 0.4) is 0 Å². The Morgan fingerprint density at radius 1 is 0.727 bits per heavy atom. The van der Waals surface area contributed by atoms with Gasteiger partial charge in [0, 0.05) is 0 Å². The van der Waals surface area contributed by atoms with Crippen molar-refractivity contribution in [2.45, 2.75) is 39.9 Å². The first-order valence-electron chi connectivity index (χ1n) is 6.20. The number of alkyl carbamates (subject to hydrolysis) is 2. The normalized spacial score (nSPS) is 11.5. The van der Waals surface area contributed by atoms with Crippen molar-refractivity contribution in [3.63, 3.8) is 0 Å². The predicted molar refractivity (Wildman–Crippen MR) is 71.8 cm³/mol. The molecule has 0 aromatic carbocycles. The molecule has 0 aromatic rings. The smallest absolute Gasteiger partial charge is 0.412 e. The van der Waals surface area contributed by atoms with Crippen LogP contribution in [-0.4, -0.2) is 46.5 Å². The molecule has 0 heterocycles. The van der Waals surface area contributed by atoms with Crippen molar-refractivity contribution in [1.29, 1.82) is 0 Å². The molecule has 10 nitrogen and oxygen atoms in total. The fourth-order valence-corrected chi connectivity index (χ4v) is 1.14. The molecule has 2 amide bonds. The van der Waals surface area contributed by atoms with Gasteiger partial charge >= 0.3 is 24.1 Å². The molecule has 0 atom stereocenters. The number of amides is 2. The molecule has 0 rings (SSSR count). The number of hydrogen-bond acceptors (Lipinski definition) is 6. The second kappa shape index (κ2) is 8.49. The van der Waals surface area contributed by atoms with Gasteiger partial charge in [-0.1, -0.05) is 0 Å². The van der Waals surface area contributed by atoms with Gasteiger partial charge in [-0.05, 0) is 27.7 Å². The van der Waals surface area contributed by atoms with E-state index in [1.54, 1.807) is 10.6 Å². The van der Waals surface area contributed by atoms with Crippen LogP contribution in [0.1, 0.15) is 27.7 Å². The standard InChI is InChI=1S/C12H18N2O8/c1-5(2)21-11(19)13-7(9(15)16)8(10(17)18)14-12(20)22-6(3)4/h5-6H,1-4H3,(H,13,19)(H,14,20)(H,15,16)(H,17,18)/b8-7-. The van der Waals surface area contributed by atoms with Crippen molar-refractivity contribution in [3.05, 3.63) is 11.4 Å². The third kappa shape index (κ3) is 7.12. The van der Waals surface area contributed by atoms with Crippen LogP contribution < -0.4 is 10.6 Å². The second-order valence-corrected chi connectivity index (χ2v) is 4.52. The van der Waals surface area contributed by atoms with Gasteiger partial charge < -0.3 is 19.7 Å². The number of carbonyl (C=O) groups is 4. The minimum absolute atomic E-state index is 0.554. The van der Waals surface area contributed by atoms with E-state index < -0.39 is 47.7 Å². The number of nitrogens with one attached hydrogen (secondary N) is 2. The van der Waals surface area contributed by atoms with E-state index in [-0.39, 0.29) is 0 Å². The van der Waals surface area contributed by atoms with Crippen LogP contribution in [0.4, 0.5) is 9.59 Å². The molecule has 0 aromatic heterocycles. The van der Waals surface area contributed by atoms with E-state index >= 15 is 0 Å². The number of hydrogen-bond donors (Lipinski definition) is 4. The zero-order chi connectivity index (χ0) is 17.4. The predicted octanol–water partition coefficient (Wildman–Crippen LogP) is 0.636. The quantitative estimate of drug-likeness (QED) is 0.521. The number of aliphatic carboxylic acids is 2. The molecule has 0 aliphatic rings. The number of ether oxygens (including phenoxy) is 2. The lowest BCUT2D eigenvalue weighted by Gasteiger charge is -2.14. The van der Waals surface area contributed by atoms with Gasteiger partial charge in [0.25, 0.3) is 0 Å². The highest BCUT2D eigenvalue weighted by Crippen LogP contribution is 2.03. The molecule has 0 aliphatic heterocycles. The van der Waals surface area contributed by atoms with Crippen LogP contribution >= 0.6 is 0 Å². The molecule has 124 valence electrons. The molecule has 0 spiro atoms. The van der Waals surface area contributed by atoms with Crippen LogP contribution in [0, 0.1) is 0 Å². The summed E-state index contributed by atoms with van der Waals surface area (Å²) in [5, 5.41) is 21.5. The lowest BCUT2D eigenvalue weighted by molar-refractivity contribution is -0.136. The first-order valence-corrected chi connectivity index (χ1v) is 6.20. The maximum atomic E-state index is 11.4. The molecular weight excluding hydrogens is 300 g/mol. The minimum Gasteiger partial charge on any atom is -0.477 e. The van der Waals surface area contributed by atoms with Crippen LogP contribution in [0.5, 0.6) is 0 Å². The first-order chi connectivity index (χ1) is 10.0. The average molecular weight is 318 g/mol. The molecular formula is C12H18N2O8. The van der Waals surface area contributed by atoms with Gasteiger partial charge in [-0.2, -0.15) is 0 Å². The Bertz CT molecular complexity index is 451. The van der Waals surface area contributed by atoms with E-state index in [9.17, 15) is 19.2 Å². The number of carboxylic acid groups (broad SMARTS) is 2. The first kappa shape index (κ1) is 19.2. The Labute approximate surface area is 126 Å². The van der Waals surface area contributed by atoms with Crippen LogP contribution in [0.15, 0.2) is 11.4 Å². The van der Waals surface area contributed by atoms with Gasteiger partial charge in [0.05, 0.1) is 12.2 Å². The van der Waals surface area contributed by atoms with Crippen LogP contribution in [0.25, 0.3) is 0 Å². The molecule has 0 aliphatic carbocycles. The Morgan fingerprint density at radius 3 is 1.18 bits per heavy atom. The SMILES string of the molecule is CC(C)OC(=O)N/C(C(=O)O)=C(\NC(=O)OC(C)C)C(=O)O. The number of carbonyl (C=O) groups excluding carboxylic acids is 2. The maximum absolute atomic E-state index is 11.4. The van der Waals surface area contributed by atoms with Gasteiger partial charge in [0.1, 0.15) is 0 Å². The maximum Gasteiger partial charge on any atom is 0.412 e. The van der Waals surface area contributed by atoms with E-state index in [0.29, 0.717) is 0 Å². The highest BCUT2D eigenvalue weighted by Gasteiger charge is 2.25. The third-order valence-corrected chi connectivity index (χ3v) is 1.82. The van der Waals surface area contributed by atoms with E-state index in [0.717, 1.165) is 0 Å². The molecule has 0 saturated heterocycles. The molecule has 0 saturated carbocycles. The summed E-state index contributed by atoms with van der Waals surface area (Å²) in [6, 6.07) is 0.